The van der Waals surface area contributed by atoms with Crippen LogP contribution in [0.1, 0.15) is 37.8 Å². The molecule has 1 N–H and O–H groups in total. The molecule has 1 aromatic heterocycles. The average molecular weight is 235 g/mol. The van der Waals surface area contributed by atoms with Crippen molar-refractivity contribution in [3.63, 3.8) is 0 Å². The number of hydrogen-bond acceptors (Lipinski definition) is 2. The van der Waals surface area contributed by atoms with E-state index in [2.05, 4.69) is 5.32 Å². The molecular weight excluding hydrogens is 219 g/mol. The van der Waals surface area contributed by atoms with Gasteiger partial charge in [0, 0.05) is 18.0 Å². The highest BCUT2D eigenvalue weighted by Crippen LogP contribution is 2.27. The van der Waals surface area contributed by atoms with Crippen molar-refractivity contribution in [2.24, 2.45) is 0 Å². The minimum Gasteiger partial charge on any atom is -0.472 e. The van der Waals surface area contributed by atoms with Crippen LogP contribution in [-0.2, 0) is 0 Å². The number of halogens is 3. The summed E-state index contributed by atoms with van der Waals surface area (Å²) in [7, 11) is 0. The molecule has 0 radical (unpaired) electrons. The van der Waals surface area contributed by atoms with Crippen molar-refractivity contribution in [2.45, 2.75) is 38.4 Å². The smallest absolute Gasteiger partial charge is 0.389 e. The lowest BCUT2D eigenvalue weighted by Gasteiger charge is -2.17. The second-order valence-corrected chi connectivity index (χ2v) is 3.72. The molecule has 1 aromatic rings. The molecule has 0 amide bonds. The van der Waals surface area contributed by atoms with E-state index in [0.717, 1.165) is 12.0 Å². The van der Waals surface area contributed by atoms with E-state index < -0.39 is 12.6 Å². The Bertz CT molecular complexity index is 282. The molecule has 5 heteroatoms. The normalized spacial score (nSPS) is 14.0. The van der Waals surface area contributed by atoms with Gasteiger partial charge in [-0.1, -0.05) is 6.92 Å². The van der Waals surface area contributed by atoms with Crippen molar-refractivity contribution in [2.75, 3.05) is 6.54 Å². The summed E-state index contributed by atoms with van der Waals surface area (Å²) in [4.78, 5) is 0. The van der Waals surface area contributed by atoms with Gasteiger partial charge in [0.2, 0.25) is 0 Å². The molecule has 0 aliphatic heterocycles. The molecule has 1 atom stereocenters. The van der Waals surface area contributed by atoms with Gasteiger partial charge >= 0.3 is 6.18 Å². The molecule has 0 aliphatic rings. The molecule has 1 rings (SSSR count). The standard InChI is InChI=1S/C11H16F3NO/c1-2-6-15-10(3-5-11(12,13)14)9-4-7-16-8-9/h4,7-8,10,15H,2-3,5-6H2,1H3. The van der Waals surface area contributed by atoms with E-state index in [1.54, 1.807) is 6.07 Å². The number of nitrogens with one attached hydrogen (secondary N) is 1. The van der Waals surface area contributed by atoms with Crippen molar-refractivity contribution in [3.05, 3.63) is 24.2 Å². The van der Waals surface area contributed by atoms with Crippen molar-refractivity contribution in [3.8, 4) is 0 Å². The van der Waals surface area contributed by atoms with Gasteiger partial charge in [-0.05, 0) is 25.5 Å². The molecule has 0 fully saturated rings. The van der Waals surface area contributed by atoms with Crippen LogP contribution in [0.3, 0.4) is 0 Å². The number of furan rings is 1. The second kappa shape index (κ2) is 5.94. The monoisotopic (exact) mass is 235 g/mol. The van der Waals surface area contributed by atoms with E-state index in [-0.39, 0.29) is 12.5 Å². The SMILES string of the molecule is CCCNC(CCC(F)(F)F)c1ccoc1. The fraction of sp³-hybridized carbons (Fsp3) is 0.636. The minimum absolute atomic E-state index is 0.0447. The summed E-state index contributed by atoms with van der Waals surface area (Å²) in [5.41, 5.74) is 0.776. The van der Waals surface area contributed by atoms with Gasteiger partial charge in [-0.15, -0.1) is 0 Å². The molecule has 1 heterocycles. The molecule has 0 spiro atoms. The number of hydrogen-bond donors (Lipinski definition) is 1. The van der Waals surface area contributed by atoms with Crippen LogP contribution in [0.25, 0.3) is 0 Å². The predicted molar refractivity (Wildman–Crippen MR) is 55.0 cm³/mol. The maximum atomic E-state index is 12.1. The Labute approximate surface area is 92.8 Å². The van der Waals surface area contributed by atoms with Gasteiger partial charge < -0.3 is 9.73 Å². The zero-order chi connectivity index (χ0) is 12.0. The summed E-state index contributed by atoms with van der Waals surface area (Å²) >= 11 is 0. The highest BCUT2D eigenvalue weighted by atomic mass is 19.4. The van der Waals surface area contributed by atoms with Gasteiger partial charge in [-0.3, -0.25) is 0 Å². The first kappa shape index (κ1) is 13.1. The Kier molecular flexibility index (Phi) is 4.86. The van der Waals surface area contributed by atoms with Gasteiger partial charge in [-0.25, -0.2) is 0 Å². The van der Waals surface area contributed by atoms with E-state index in [9.17, 15) is 13.2 Å². The lowest BCUT2D eigenvalue weighted by atomic mass is 10.0. The molecule has 0 bridgehead atoms. The number of rotatable bonds is 6. The Morgan fingerprint density at radius 2 is 2.19 bits per heavy atom. The van der Waals surface area contributed by atoms with Gasteiger partial charge in [0.05, 0.1) is 12.5 Å². The summed E-state index contributed by atoms with van der Waals surface area (Å²) < 4.78 is 41.3. The first-order valence-electron chi connectivity index (χ1n) is 5.35. The van der Waals surface area contributed by atoms with Gasteiger partial charge in [0.25, 0.3) is 0 Å². The van der Waals surface area contributed by atoms with E-state index in [1.165, 1.54) is 12.5 Å². The zero-order valence-corrected chi connectivity index (χ0v) is 9.18. The van der Waals surface area contributed by atoms with Crippen LogP contribution in [0.15, 0.2) is 23.0 Å². The molecule has 92 valence electrons. The second-order valence-electron chi connectivity index (χ2n) is 3.72. The van der Waals surface area contributed by atoms with E-state index in [0.29, 0.717) is 6.54 Å². The Morgan fingerprint density at radius 3 is 2.69 bits per heavy atom. The van der Waals surface area contributed by atoms with Crippen molar-refractivity contribution < 1.29 is 17.6 Å². The minimum atomic E-state index is -4.10. The summed E-state index contributed by atoms with van der Waals surface area (Å²) in [5, 5.41) is 3.08. The summed E-state index contributed by atoms with van der Waals surface area (Å²) in [6, 6.07) is 1.42. The Hall–Kier alpha value is -0.970. The molecule has 0 aliphatic carbocycles. The first-order valence-corrected chi connectivity index (χ1v) is 5.35. The topological polar surface area (TPSA) is 25.2 Å². The van der Waals surface area contributed by atoms with Crippen molar-refractivity contribution in [1.29, 1.82) is 0 Å². The Morgan fingerprint density at radius 1 is 1.44 bits per heavy atom. The van der Waals surface area contributed by atoms with Crippen molar-refractivity contribution >= 4 is 0 Å². The molecule has 2 nitrogen and oxygen atoms in total. The third-order valence-corrected chi connectivity index (χ3v) is 2.30. The zero-order valence-electron chi connectivity index (χ0n) is 9.18. The van der Waals surface area contributed by atoms with E-state index in [4.69, 9.17) is 4.42 Å². The largest absolute Gasteiger partial charge is 0.472 e. The van der Waals surface area contributed by atoms with Crippen molar-refractivity contribution in [1.82, 2.24) is 5.32 Å². The van der Waals surface area contributed by atoms with Crippen LogP contribution in [0, 0.1) is 0 Å². The van der Waals surface area contributed by atoms with Crippen LogP contribution < -0.4 is 5.32 Å². The number of alkyl halides is 3. The van der Waals surface area contributed by atoms with Crippen LogP contribution >= 0.6 is 0 Å². The lowest BCUT2D eigenvalue weighted by Crippen LogP contribution is -2.23. The molecular formula is C11H16F3NO. The average Bonchev–Trinajstić information content (AvgIpc) is 2.69. The fourth-order valence-electron chi connectivity index (χ4n) is 1.49. The van der Waals surface area contributed by atoms with Crippen LogP contribution in [-0.4, -0.2) is 12.7 Å². The lowest BCUT2D eigenvalue weighted by molar-refractivity contribution is -0.136. The third kappa shape index (κ3) is 4.70. The highest BCUT2D eigenvalue weighted by molar-refractivity contribution is 5.11. The van der Waals surface area contributed by atoms with Crippen LogP contribution in [0.2, 0.25) is 0 Å². The molecule has 0 saturated carbocycles. The van der Waals surface area contributed by atoms with E-state index >= 15 is 0 Å². The summed E-state index contributed by atoms with van der Waals surface area (Å²) in [6.07, 6.45) is -0.980. The quantitative estimate of drug-likeness (QED) is 0.813. The third-order valence-electron chi connectivity index (χ3n) is 2.30. The predicted octanol–water partition coefficient (Wildman–Crippen LogP) is 3.66. The molecule has 0 saturated heterocycles. The molecule has 0 aromatic carbocycles. The van der Waals surface area contributed by atoms with Gasteiger partial charge in [0.1, 0.15) is 0 Å². The van der Waals surface area contributed by atoms with Crippen LogP contribution in [0.5, 0.6) is 0 Å². The highest BCUT2D eigenvalue weighted by Gasteiger charge is 2.28. The van der Waals surface area contributed by atoms with E-state index in [1.807, 2.05) is 6.92 Å². The van der Waals surface area contributed by atoms with Crippen LogP contribution in [0.4, 0.5) is 13.2 Å². The Balaban J connectivity index is 2.51. The molecule has 16 heavy (non-hydrogen) atoms. The van der Waals surface area contributed by atoms with Gasteiger partial charge in [-0.2, -0.15) is 13.2 Å². The van der Waals surface area contributed by atoms with Gasteiger partial charge in [0.15, 0.2) is 0 Å². The summed E-state index contributed by atoms with van der Waals surface area (Å²) in [6.45, 7) is 2.68. The molecule has 1 unspecified atom stereocenters. The maximum Gasteiger partial charge on any atom is 0.389 e. The first-order chi connectivity index (χ1) is 7.53. The maximum absolute atomic E-state index is 12.1. The fourth-order valence-corrected chi connectivity index (χ4v) is 1.49. The summed E-state index contributed by atoms with van der Waals surface area (Å²) in [5.74, 6) is 0.